The van der Waals surface area contributed by atoms with Crippen LogP contribution in [-0.2, 0) is 27.0 Å². The number of hydrogen-bond acceptors (Lipinski definition) is 2. The molecule has 0 amide bonds. The fraction of sp³-hybridized carbons (Fsp3) is 0.667. The molecule has 0 bridgehead atoms. The Morgan fingerprint density at radius 1 is 2.00 bits per heavy atom. The van der Waals surface area contributed by atoms with Crippen molar-refractivity contribution in [2.45, 2.75) is 13.3 Å². The van der Waals surface area contributed by atoms with Crippen LogP contribution in [-0.4, -0.2) is 5.97 Å². The van der Waals surface area contributed by atoms with Crippen LogP contribution in [0.5, 0.6) is 0 Å². The van der Waals surface area contributed by atoms with Crippen molar-refractivity contribution in [3.63, 3.8) is 0 Å². The summed E-state index contributed by atoms with van der Waals surface area (Å²) in [6.07, 6.45) is 0.500. The molecule has 0 saturated carbocycles. The van der Waals surface area contributed by atoms with Gasteiger partial charge in [0.25, 0.3) is 0 Å². The molecular weight excluding hydrogens is 133 g/mol. The molecule has 0 atom stereocenters. The van der Waals surface area contributed by atoms with Crippen LogP contribution in [0.1, 0.15) is 13.3 Å². The van der Waals surface area contributed by atoms with E-state index in [0.29, 0.717) is 25.1 Å². The molecule has 0 aromatic heterocycles. The molecule has 6 heavy (non-hydrogen) atoms. The Labute approximate surface area is 46.9 Å². The predicted molar refractivity (Wildman–Crippen MR) is 16.4 cm³/mol. The van der Waals surface area contributed by atoms with E-state index in [9.17, 15) is 4.79 Å². The fourth-order valence-electron chi connectivity index (χ4n) is 0.102. The van der Waals surface area contributed by atoms with E-state index in [0.717, 1.165) is 0 Å². The van der Waals surface area contributed by atoms with Gasteiger partial charge in [-0.1, -0.05) is 0 Å². The summed E-state index contributed by atoms with van der Waals surface area (Å²) in [4.78, 5) is 9.99. The zero-order valence-corrected chi connectivity index (χ0v) is 6.70. The molecule has 0 fully saturated rings. The second-order valence-electron chi connectivity index (χ2n) is 0.870. The maximum atomic E-state index is 9.99. The number of carbonyl (C=O) groups is 1. The predicted octanol–water partition coefficient (Wildman–Crippen LogP) is 0.401. The monoisotopic (exact) mass is 137 g/mol. The third-order valence-electron chi connectivity index (χ3n) is 0.450. The van der Waals surface area contributed by atoms with Crippen molar-refractivity contribution in [1.82, 2.24) is 0 Å². The van der Waals surface area contributed by atoms with Crippen molar-refractivity contribution in [3.8, 4) is 0 Å². The maximum absolute atomic E-state index is 9.99. The Balaban J connectivity index is 2.99. The van der Waals surface area contributed by atoms with Crippen LogP contribution in [0.2, 0.25) is 0 Å². The third-order valence-corrected chi connectivity index (χ3v) is 1.13. The molecule has 0 N–H and O–H groups in total. The molecule has 31 valence electrons. The Morgan fingerprint density at radius 3 is 2.50 bits per heavy atom. The molecule has 0 radical (unpaired) electrons. The summed E-state index contributed by atoms with van der Waals surface area (Å²) in [5.41, 5.74) is 0. The van der Waals surface area contributed by atoms with Gasteiger partial charge in [-0.25, -0.2) is 0 Å². The van der Waals surface area contributed by atoms with E-state index in [4.69, 9.17) is 0 Å². The summed E-state index contributed by atoms with van der Waals surface area (Å²) in [5.74, 6) is -0.102. The molecule has 0 unspecified atom stereocenters. The second kappa shape index (κ2) is 3.29. The van der Waals surface area contributed by atoms with Crippen molar-refractivity contribution in [3.05, 3.63) is 0 Å². The van der Waals surface area contributed by atoms with Gasteiger partial charge in [0, 0.05) is 0 Å². The van der Waals surface area contributed by atoms with Gasteiger partial charge in [-0.3, -0.25) is 0 Å². The standard InChI is InChI=1S/C3H6O2.Zn/c1-2-3(4)5;/h2H2,1H3,(H,4,5);/q;+1/p-1. The van der Waals surface area contributed by atoms with Gasteiger partial charge < -0.3 is 0 Å². The van der Waals surface area contributed by atoms with Gasteiger partial charge in [0.1, 0.15) is 0 Å². The minimum absolute atomic E-state index is 0.102. The summed E-state index contributed by atoms with van der Waals surface area (Å²) in [6.45, 7) is 1.78. The molecule has 0 heterocycles. The van der Waals surface area contributed by atoms with Crippen LogP contribution >= 0.6 is 0 Å². The quantitative estimate of drug-likeness (QED) is 0.491. The van der Waals surface area contributed by atoms with E-state index < -0.39 is 0 Å². The average molecular weight is 138 g/mol. The Kier molecular flexibility index (Phi) is 3.34. The Morgan fingerprint density at radius 2 is 2.50 bits per heavy atom. The Bertz CT molecular complexity index is 46.8. The number of rotatable bonds is 1. The van der Waals surface area contributed by atoms with E-state index in [2.05, 4.69) is 3.56 Å². The van der Waals surface area contributed by atoms with Gasteiger partial charge >= 0.3 is 46.3 Å². The normalized spacial score (nSPS) is 7.83. The molecule has 0 aliphatic rings. The van der Waals surface area contributed by atoms with E-state index in [1.54, 1.807) is 6.92 Å². The molecule has 0 aromatic carbocycles. The summed E-state index contributed by atoms with van der Waals surface area (Å²) in [6, 6.07) is 0. The van der Waals surface area contributed by atoms with Gasteiger partial charge in [-0.15, -0.1) is 0 Å². The molecule has 0 rings (SSSR count). The Hall–Kier alpha value is 0.0934. The van der Waals surface area contributed by atoms with Gasteiger partial charge in [-0.05, 0) is 0 Å². The fourth-order valence-corrected chi connectivity index (χ4v) is 0.530. The van der Waals surface area contributed by atoms with Crippen molar-refractivity contribution < 1.29 is 27.0 Å². The first kappa shape index (κ1) is 6.09. The molecule has 0 aliphatic heterocycles. The second-order valence-corrected chi connectivity index (χ2v) is 1.48. The van der Waals surface area contributed by atoms with Gasteiger partial charge in [0.05, 0.1) is 0 Å². The van der Waals surface area contributed by atoms with Crippen molar-refractivity contribution in [2.24, 2.45) is 0 Å². The molecule has 0 saturated heterocycles. The summed E-state index contributed by atoms with van der Waals surface area (Å²) in [7, 11) is 0. The summed E-state index contributed by atoms with van der Waals surface area (Å²) in [5, 5.41) is 0. The topological polar surface area (TPSA) is 26.3 Å². The van der Waals surface area contributed by atoms with Crippen LogP contribution in [0.15, 0.2) is 0 Å². The molecule has 0 spiro atoms. The first-order valence-electron chi connectivity index (χ1n) is 1.76. The molecule has 0 aromatic rings. The number of carbonyl (C=O) groups excluding carboxylic acids is 1. The van der Waals surface area contributed by atoms with Gasteiger partial charge in [0.15, 0.2) is 0 Å². The van der Waals surface area contributed by atoms with E-state index >= 15 is 0 Å². The van der Waals surface area contributed by atoms with Crippen molar-refractivity contribution in [2.75, 3.05) is 0 Å². The van der Waals surface area contributed by atoms with Crippen LogP contribution in [0.3, 0.4) is 0 Å². The first-order chi connectivity index (χ1) is 2.81. The minimum atomic E-state index is -0.102. The first-order valence-corrected chi connectivity index (χ1v) is 2.97. The summed E-state index contributed by atoms with van der Waals surface area (Å²) >= 11 is 0.618. The third kappa shape index (κ3) is 2.34. The van der Waals surface area contributed by atoms with Crippen molar-refractivity contribution in [1.29, 1.82) is 0 Å². The molecular formula is C3H5O2Zn. The SMILES string of the molecule is CCC(=O)[O][Zn]. The molecule has 3 heteroatoms. The average Bonchev–Trinajstić information content (AvgIpc) is 1.65. The number of hydrogen-bond donors (Lipinski definition) is 0. The van der Waals surface area contributed by atoms with Crippen LogP contribution in [0, 0.1) is 0 Å². The van der Waals surface area contributed by atoms with E-state index in [-0.39, 0.29) is 5.97 Å². The van der Waals surface area contributed by atoms with E-state index in [1.165, 1.54) is 0 Å². The van der Waals surface area contributed by atoms with Gasteiger partial charge in [0.2, 0.25) is 0 Å². The van der Waals surface area contributed by atoms with Crippen LogP contribution in [0.25, 0.3) is 0 Å². The zero-order valence-electron chi connectivity index (χ0n) is 3.73. The van der Waals surface area contributed by atoms with Crippen LogP contribution < -0.4 is 0 Å². The summed E-state index contributed by atoms with van der Waals surface area (Å²) < 4.78 is 4.39. The zero-order chi connectivity index (χ0) is 4.99. The van der Waals surface area contributed by atoms with E-state index in [1.807, 2.05) is 0 Å². The molecule has 2 nitrogen and oxygen atoms in total. The molecule has 0 aliphatic carbocycles. The van der Waals surface area contributed by atoms with Gasteiger partial charge in [-0.2, -0.15) is 0 Å². The van der Waals surface area contributed by atoms with Crippen molar-refractivity contribution >= 4 is 5.97 Å². The van der Waals surface area contributed by atoms with Crippen LogP contribution in [0.4, 0.5) is 0 Å².